The summed E-state index contributed by atoms with van der Waals surface area (Å²) in [6.45, 7) is 5.87. The third kappa shape index (κ3) is 3.23. The number of primary amides is 2. The number of H-pyrrole nitrogens is 1. The lowest BCUT2D eigenvalue weighted by atomic mass is 9.70. The first-order valence-electron chi connectivity index (χ1n) is 7.91. The molecule has 2 amide bonds. The summed E-state index contributed by atoms with van der Waals surface area (Å²) in [5.41, 5.74) is 13.5. The van der Waals surface area contributed by atoms with E-state index in [1.165, 1.54) is 5.56 Å². The molecule has 0 aliphatic heterocycles. The van der Waals surface area contributed by atoms with Crippen LogP contribution in [-0.2, 0) is 16.0 Å². The number of amides is 2. The Morgan fingerprint density at radius 2 is 1.96 bits per heavy atom. The molecule has 0 spiro atoms. The Hall–Kier alpha value is -2.30. The quantitative estimate of drug-likeness (QED) is 0.730. The summed E-state index contributed by atoms with van der Waals surface area (Å²) in [4.78, 5) is 26.8. The lowest BCUT2D eigenvalue weighted by molar-refractivity contribution is -0.136. The number of para-hydroxylation sites is 1. The zero-order valence-electron chi connectivity index (χ0n) is 14.0. The predicted molar refractivity (Wildman–Crippen MR) is 91.6 cm³/mol. The predicted octanol–water partition coefficient (Wildman–Crippen LogP) is 2.41. The summed E-state index contributed by atoms with van der Waals surface area (Å²) in [5, 5.41) is 1.14. The summed E-state index contributed by atoms with van der Waals surface area (Å²) in [6, 6.07) is 6.13. The van der Waals surface area contributed by atoms with Crippen molar-refractivity contribution >= 4 is 22.7 Å². The number of hydrogen-bond acceptors (Lipinski definition) is 2. The highest BCUT2D eigenvalue weighted by Crippen LogP contribution is 2.37. The second-order valence-corrected chi connectivity index (χ2v) is 6.63. The van der Waals surface area contributed by atoms with E-state index < -0.39 is 17.2 Å². The zero-order chi connectivity index (χ0) is 17.2. The second kappa shape index (κ2) is 6.44. The van der Waals surface area contributed by atoms with Crippen molar-refractivity contribution in [3.8, 4) is 0 Å². The number of nitrogens with one attached hydrogen (secondary N) is 1. The van der Waals surface area contributed by atoms with Crippen LogP contribution < -0.4 is 11.5 Å². The van der Waals surface area contributed by atoms with Gasteiger partial charge in [-0.2, -0.15) is 0 Å². The van der Waals surface area contributed by atoms with Crippen LogP contribution in [0, 0.1) is 18.3 Å². The number of rotatable bonds is 7. The lowest BCUT2D eigenvalue weighted by Crippen LogP contribution is -2.44. The Morgan fingerprint density at radius 3 is 2.52 bits per heavy atom. The standard InChI is InChI=1S/C18H25N3O2/c1-11(2)18(17(20)23,9-15(19)22)8-7-13-10-21-16-12(3)5-4-6-14(13)16/h4-6,10-11,21H,7-9H2,1-3H3,(H2,19,22)(H2,20,23). The molecule has 0 fully saturated rings. The average Bonchev–Trinajstić information content (AvgIpc) is 2.87. The van der Waals surface area contributed by atoms with Crippen molar-refractivity contribution in [2.75, 3.05) is 0 Å². The van der Waals surface area contributed by atoms with E-state index in [-0.39, 0.29) is 12.3 Å². The molecule has 1 unspecified atom stereocenters. The Labute approximate surface area is 136 Å². The van der Waals surface area contributed by atoms with Crippen LogP contribution in [0.2, 0.25) is 0 Å². The molecule has 5 nitrogen and oxygen atoms in total. The number of aromatic amines is 1. The van der Waals surface area contributed by atoms with Crippen molar-refractivity contribution in [2.45, 2.75) is 40.0 Å². The average molecular weight is 315 g/mol. The molecule has 5 heteroatoms. The van der Waals surface area contributed by atoms with Crippen molar-refractivity contribution in [1.82, 2.24) is 4.98 Å². The molecule has 0 saturated heterocycles. The van der Waals surface area contributed by atoms with Gasteiger partial charge in [-0.1, -0.05) is 32.0 Å². The molecule has 23 heavy (non-hydrogen) atoms. The van der Waals surface area contributed by atoms with Crippen LogP contribution in [0.25, 0.3) is 10.9 Å². The third-order valence-corrected chi connectivity index (χ3v) is 4.94. The number of benzene rings is 1. The molecule has 0 bridgehead atoms. The number of fused-ring (bicyclic) bond motifs is 1. The van der Waals surface area contributed by atoms with Gasteiger partial charge in [-0.15, -0.1) is 0 Å². The largest absolute Gasteiger partial charge is 0.370 e. The van der Waals surface area contributed by atoms with Gasteiger partial charge in [-0.3, -0.25) is 9.59 Å². The van der Waals surface area contributed by atoms with E-state index in [1.54, 1.807) is 0 Å². The summed E-state index contributed by atoms with van der Waals surface area (Å²) < 4.78 is 0. The Balaban J connectivity index is 2.31. The van der Waals surface area contributed by atoms with Crippen LogP contribution in [0.3, 0.4) is 0 Å². The fourth-order valence-electron chi connectivity index (χ4n) is 3.32. The molecule has 1 aromatic carbocycles. The van der Waals surface area contributed by atoms with Crippen LogP contribution in [0.5, 0.6) is 0 Å². The van der Waals surface area contributed by atoms with Crippen LogP contribution in [0.4, 0.5) is 0 Å². The number of carbonyl (C=O) groups is 2. The third-order valence-electron chi connectivity index (χ3n) is 4.94. The van der Waals surface area contributed by atoms with Crippen molar-refractivity contribution in [3.63, 3.8) is 0 Å². The van der Waals surface area contributed by atoms with Gasteiger partial charge in [0, 0.05) is 23.5 Å². The van der Waals surface area contributed by atoms with E-state index in [1.807, 2.05) is 26.1 Å². The SMILES string of the molecule is Cc1cccc2c(CCC(CC(N)=O)(C(N)=O)C(C)C)c[nH]c12. The maximum Gasteiger partial charge on any atom is 0.224 e. The normalized spacial score (nSPS) is 14.1. The molecule has 0 aliphatic carbocycles. The van der Waals surface area contributed by atoms with Gasteiger partial charge < -0.3 is 16.5 Å². The lowest BCUT2D eigenvalue weighted by Gasteiger charge is -2.33. The van der Waals surface area contributed by atoms with Crippen LogP contribution >= 0.6 is 0 Å². The molecular weight excluding hydrogens is 290 g/mol. The van der Waals surface area contributed by atoms with Crippen LogP contribution in [-0.4, -0.2) is 16.8 Å². The summed E-state index contributed by atoms with van der Waals surface area (Å²) >= 11 is 0. The van der Waals surface area contributed by atoms with E-state index >= 15 is 0 Å². The molecular formula is C18H25N3O2. The molecule has 124 valence electrons. The number of carbonyl (C=O) groups excluding carboxylic acids is 2. The van der Waals surface area contributed by atoms with Gasteiger partial charge in [0.15, 0.2) is 0 Å². The zero-order valence-corrected chi connectivity index (χ0v) is 14.0. The van der Waals surface area contributed by atoms with E-state index in [0.717, 1.165) is 16.5 Å². The molecule has 2 aromatic rings. The van der Waals surface area contributed by atoms with Gasteiger partial charge >= 0.3 is 0 Å². The second-order valence-electron chi connectivity index (χ2n) is 6.63. The van der Waals surface area contributed by atoms with Gasteiger partial charge in [0.2, 0.25) is 11.8 Å². The molecule has 5 N–H and O–H groups in total. The first kappa shape index (κ1) is 17.1. The highest BCUT2D eigenvalue weighted by molar-refractivity contribution is 5.88. The number of hydrogen-bond donors (Lipinski definition) is 3. The Morgan fingerprint density at radius 1 is 1.26 bits per heavy atom. The molecule has 0 radical (unpaired) electrons. The Bertz CT molecular complexity index is 733. The minimum Gasteiger partial charge on any atom is -0.370 e. The van der Waals surface area contributed by atoms with Crippen molar-refractivity contribution in [3.05, 3.63) is 35.5 Å². The molecule has 1 heterocycles. The van der Waals surface area contributed by atoms with Gasteiger partial charge in [0.05, 0.1) is 5.41 Å². The van der Waals surface area contributed by atoms with E-state index in [9.17, 15) is 9.59 Å². The van der Waals surface area contributed by atoms with E-state index in [0.29, 0.717) is 12.8 Å². The highest BCUT2D eigenvalue weighted by Gasteiger charge is 2.41. The van der Waals surface area contributed by atoms with Gasteiger partial charge in [-0.05, 0) is 36.8 Å². The number of aryl methyl sites for hydroxylation is 2. The van der Waals surface area contributed by atoms with Crippen LogP contribution in [0.15, 0.2) is 24.4 Å². The first-order chi connectivity index (χ1) is 10.8. The minimum atomic E-state index is -0.904. The molecule has 1 atom stereocenters. The first-order valence-corrected chi connectivity index (χ1v) is 7.91. The molecule has 0 saturated carbocycles. The summed E-state index contributed by atoms with van der Waals surface area (Å²) in [6.07, 6.45) is 3.12. The summed E-state index contributed by atoms with van der Waals surface area (Å²) in [7, 11) is 0. The monoisotopic (exact) mass is 315 g/mol. The highest BCUT2D eigenvalue weighted by atomic mass is 16.2. The summed E-state index contributed by atoms with van der Waals surface area (Å²) in [5.74, 6) is -1.01. The number of aromatic nitrogens is 1. The van der Waals surface area contributed by atoms with E-state index in [4.69, 9.17) is 11.5 Å². The fourth-order valence-corrected chi connectivity index (χ4v) is 3.32. The van der Waals surface area contributed by atoms with Gasteiger partial charge in [0.25, 0.3) is 0 Å². The van der Waals surface area contributed by atoms with Crippen molar-refractivity contribution < 1.29 is 9.59 Å². The smallest absolute Gasteiger partial charge is 0.224 e. The molecule has 2 rings (SSSR count). The maximum atomic E-state index is 12.1. The van der Waals surface area contributed by atoms with Crippen LogP contribution in [0.1, 0.15) is 37.8 Å². The Kier molecular flexibility index (Phi) is 4.78. The van der Waals surface area contributed by atoms with Crippen molar-refractivity contribution in [2.24, 2.45) is 22.8 Å². The van der Waals surface area contributed by atoms with Gasteiger partial charge in [-0.25, -0.2) is 0 Å². The van der Waals surface area contributed by atoms with E-state index in [2.05, 4.69) is 24.0 Å². The van der Waals surface area contributed by atoms with Gasteiger partial charge in [0.1, 0.15) is 0 Å². The minimum absolute atomic E-state index is 0.0125. The van der Waals surface area contributed by atoms with Crippen molar-refractivity contribution in [1.29, 1.82) is 0 Å². The maximum absolute atomic E-state index is 12.1. The molecule has 0 aliphatic rings. The molecule has 1 aromatic heterocycles. The number of nitrogens with two attached hydrogens (primary N) is 2. The topological polar surface area (TPSA) is 102 Å². The fraction of sp³-hybridized carbons (Fsp3) is 0.444.